The Morgan fingerprint density at radius 1 is 1.12 bits per heavy atom. The van der Waals surface area contributed by atoms with Crippen LogP contribution in [0.25, 0.3) is 5.65 Å². The van der Waals surface area contributed by atoms with Gasteiger partial charge < -0.3 is 0 Å². The minimum Gasteiger partial charge on any atom is -0.276 e. The third-order valence-electron chi connectivity index (χ3n) is 4.50. The SMILES string of the molecule is Cc1cccc(CSc2nnc3c(S(=O)(=O)N4CCCC4)cccn23)c1. The molecule has 26 heavy (non-hydrogen) atoms. The van der Waals surface area contributed by atoms with Crippen LogP contribution in [0.4, 0.5) is 0 Å². The molecule has 1 aliphatic heterocycles. The molecule has 1 aliphatic rings. The molecule has 2 aromatic heterocycles. The number of nitrogens with zero attached hydrogens (tertiary/aromatic N) is 4. The summed E-state index contributed by atoms with van der Waals surface area (Å²) in [6.07, 6.45) is 3.64. The summed E-state index contributed by atoms with van der Waals surface area (Å²) in [7, 11) is -3.52. The Hall–Kier alpha value is -1.90. The first-order valence-electron chi connectivity index (χ1n) is 8.58. The third kappa shape index (κ3) is 3.24. The number of hydrogen-bond donors (Lipinski definition) is 0. The molecule has 4 rings (SSSR count). The summed E-state index contributed by atoms with van der Waals surface area (Å²) in [4.78, 5) is 0.233. The number of thioether (sulfide) groups is 1. The number of rotatable bonds is 5. The van der Waals surface area contributed by atoms with Crippen molar-refractivity contribution in [3.05, 3.63) is 53.7 Å². The van der Waals surface area contributed by atoms with Gasteiger partial charge in [-0.2, -0.15) is 4.31 Å². The fraction of sp³-hybridized carbons (Fsp3) is 0.333. The molecule has 0 N–H and O–H groups in total. The van der Waals surface area contributed by atoms with Crippen molar-refractivity contribution in [1.82, 2.24) is 18.9 Å². The van der Waals surface area contributed by atoms with Crippen molar-refractivity contribution in [1.29, 1.82) is 0 Å². The van der Waals surface area contributed by atoms with Crippen LogP contribution in [-0.2, 0) is 15.8 Å². The number of sulfonamides is 1. The minimum atomic E-state index is -3.52. The van der Waals surface area contributed by atoms with Crippen LogP contribution in [0, 0.1) is 6.92 Å². The van der Waals surface area contributed by atoms with E-state index in [0.717, 1.165) is 18.6 Å². The van der Waals surface area contributed by atoms with Gasteiger partial charge in [0.1, 0.15) is 4.90 Å². The van der Waals surface area contributed by atoms with E-state index in [4.69, 9.17) is 0 Å². The topological polar surface area (TPSA) is 67.6 Å². The predicted molar refractivity (Wildman–Crippen MR) is 102 cm³/mol. The molecule has 3 heterocycles. The molecule has 0 atom stereocenters. The molecule has 0 saturated carbocycles. The minimum absolute atomic E-state index is 0.233. The molecule has 0 spiro atoms. The maximum atomic E-state index is 12.9. The highest BCUT2D eigenvalue weighted by Gasteiger charge is 2.30. The number of aryl methyl sites for hydroxylation is 1. The second kappa shape index (κ2) is 7.02. The molecule has 8 heteroatoms. The summed E-state index contributed by atoms with van der Waals surface area (Å²) >= 11 is 1.55. The molecule has 6 nitrogen and oxygen atoms in total. The molecular weight excluding hydrogens is 368 g/mol. The van der Waals surface area contributed by atoms with Crippen LogP contribution >= 0.6 is 11.8 Å². The fourth-order valence-electron chi connectivity index (χ4n) is 3.19. The summed E-state index contributed by atoms with van der Waals surface area (Å²) in [5.41, 5.74) is 2.81. The molecule has 1 fully saturated rings. The normalized spacial score (nSPS) is 15.7. The Labute approximate surface area is 157 Å². The molecule has 1 saturated heterocycles. The lowest BCUT2D eigenvalue weighted by Crippen LogP contribution is -2.28. The fourth-order valence-corrected chi connectivity index (χ4v) is 5.69. The van der Waals surface area contributed by atoms with Gasteiger partial charge in [0.05, 0.1) is 0 Å². The Morgan fingerprint density at radius 3 is 2.69 bits per heavy atom. The molecule has 3 aromatic rings. The van der Waals surface area contributed by atoms with E-state index in [2.05, 4.69) is 35.3 Å². The highest BCUT2D eigenvalue weighted by atomic mass is 32.2. The summed E-state index contributed by atoms with van der Waals surface area (Å²) in [6, 6.07) is 11.7. The number of aromatic nitrogens is 3. The summed E-state index contributed by atoms with van der Waals surface area (Å²) in [5.74, 6) is 0.756. The van der Waals surface area contributed by atoms with Gasteiger partial charge in [-0.15, -0.1) is 10.2 Å². The molecule has 1 aromatic carbocycles. The van der Waals surface area contributed by atoms with Gasteiger partial charge in [0.2, 0.25) is 10.0 Å². The Balaban J connectivity index is 1.65. The summed E-state index contributed by atoms with van der Waals surface area (Å²) in [6.45, 7) is 3.22. The van der Waals surface area contributed by atoms with E-state index < -0.39 is 10.0 Å². The number of pyridine rings is 1. The maximum Gasteiger partial charge on any atom is 0.246 e. The van der Waals surface area contributed by atoms with Crippen molar-refractivity contribution in [2.45, 2.75) is 35.6 Å². The Morgan fingerprint density at radius 2 is 1.92 bits per heavy atom. The van der Waals surface area contributed by atoms with E-state index in [0.29, 0.717) is 23.9 Å². The molecule has 0 amide bonds. The summed E-state index contributed by atoms with van der Waals surface area (Å²) in [5, 5.41) is 9.09. The van der Waals surface area contributed by atoms with Gasteiger partial charge in [-0.3, -0.25) is 4.40 Å². The average Bonchev–Trinajstić information content (AvgIpc) is 3.30. The zero-order valence-corrected chi connectivity index (χ0v) is 16.1. The van der Waals surface area contributed by atoms with Gasteiger partial charge >= 0.3 is 0 Å². The van der Waals surface area contributed by atoms with E-state index >= 15 is 0 Å². The second-order valence-corrected chi connectivity index (χ2v) is 9.29. The zero-order chi connectivity index (χ0) is 18.1. The smallest absolute Gasteiger partial charge is 0.246 e. The number of fused-ring (bicyclic) bond motifs is 1. The van der Waals surface area contributed by atoms with Crippen molar-refractivity contribution in [2.24, 2.45) is 0 Å². The first-order chi connectivity index (χ1) is 12.6. The second-order valence-electron chi connectivity index (χ2n) is 6.44. The lowest BCUT2D eigenvalue weighted by Gasteiger charge is -2.15. The van der Waals surface area contributed by atoms with E-state index in [9.17, 15) is 8.42 Å². The first kappa shape index (κ1) is 17.5. The van der Waals surface area contributed by atoms with E-state index in [1.54, 1.807) is 28.3 Å². The van der Waals surface area contributed by atoms with Crippen LogP contribution in [0.15, 0.2) is 52.6 Å². The quantitative estimate of drug-likeness (QED) is 0.628. The highest BCUT2D eigenvalue weighted by Crippen LogP contribution is 2.27. The van der Waals surface area contributed by atoms with E-state index in [1.807, 2.05) is 12.3 Å². The monoisotopic (exact) mass is 388 g/mol. The van der Waals surface area contributed by atoms with Crippen LogP contribution in [0.3, 0.4) is 0 Å². The van der Waals surface area contributed by atoms with Crippen molar-refractivity contribution in [3.8, 4) is 0 Å². The van der Waals surface area contributed by atoms with Crippen LogP contribution in [-0.4, -0.2) is 40.4 Å². The van der Waals surface area contributed by atoms with Crippen molar-refractivity contribution >= 4 is 27.4 Å². The zero-order valence-electron chi connectivity index (χ0n) is 14.5. The summed E-state index contributed by atoms with van der Waals surface area (Å²) < 4.78 is 29.1. The van der Waals surface area contributed by atoms with Crippen molar-refractivity contribution < 1.29 is 8.42 Å². The van der Waals surface area contributed by atoms with Gasteiger partial charge in [0, 0.05) is 25.0 Å². The van der Waals surface area contributed by atoms with Crippen LogP contribution in [0.1, 0.15) is 24.0 Å². The van der Waals surface area contributed by atoms with Gasteiger partial charge in [-0.05, 0) is 37.5 Å². The third-order valence-corrected chi connectivity index (χ3v) is 7.43. The molecule has 0 bridgehead atoms. The maximum absolute atomic E-state index is 12.9. The molecular formula is C18H20N4O2S2. The molecule has 0 aliphatic carbocycles. The molecule has 0 unspecified atom stereocenters. The lowest BCUT2D eigenvalue weighted by atomic mass is 10.2. The van der Waals surface area contributed by atoms with Gasteiger partial charge in [-0.1, -0.05) is 41.6 Å². The van der Waals surface area contributed by atoms with E-state index in [1.165, 1.54) is 15.4 Å². The van der Waals surface area contributed by atoms with Crippen molar-refractivity contribution in [2.75, 3.05) is 13.1 Å². The van der Waals surface area contributed by atoms with Crippen LogP contribution < -0.4 is 0 Å². The Bertz CT molecular complexity index is 1040. The van der Waals surface area contributed by atoms with Crippen molar-refractivity contribution in [3.63, 3.8) is 0 Å². The average molecular weight is 389 g/mol. The largest absolute Gasteiger partial charge is 0.276 e. The predicted octanol–water partition coefficient (Wildman–Crippen LogP) is 3.11. The van der Waals surface area contributed by atoms with Gasteiger partial charge in [0.25, 0.3) is 0 Å². The molecule has 0 radical (unpaired) electrons. The van der Waals surface area contributed by atoms with Gasteiger partial charge in [0.15, 0.2) is 10.8 Å². The standard InChI is InChI=1S/C18H20N4O2S2/c1-14-6-4-7-15(12-14)13-25-18-20-19-17-16(8-5-11-22(17)18)26(23,24)21-9-2-3-10-21/h4-8,11-12H,2-3,9-10,13H2,1H3. The van der Waals surface area contributed by atoms with E-state index in [-0.39, 0.29) is 4.90 Å². The molecule has 136 valence electrons. The lowest BCUT2D eigenvalue weighted by molar-refractivity contribution is 0.478. The van der Waals surface area contributed by atoms with Gasteiger partial charge in [-0.25, -0.2) is 8.42 Å². The highest BCUT2D eigenvalue weighted by molar-refractivity contribution is 7.98. The Kier molecular flexibility index (Phi) is 4.73. The number of hydrogen-bond acceptors (Lipinski definition) is 5. The van der Waals surface area contributed by atoms with Crippen LogP contribution in [0.5, 0.6) is 0 Å². The number of benzene rings is 1. The first-order valence-corrected chi connectivity index (χ1v) is 11.0. The van der Waals surface area contributed by atoms with Crippen LogP contribution in [0.2, 0.25) is 0 Å².